The fourth-order valence-corrected chi connectivity index (χ4v) is 4.96. The van der Waals surface area contributed by atoms with Crippen molar-refractivity contribution in [3.05, 3.63) is 138 Å². The Kier molecular flexibility index (Phi) is 6.11. The molecule has 1 aliphatic heterocycles. The molecule has 1 aromatic heterocycles. The third kappa shape index (κ3) is 4.11. The van der Waals surface area contributed by atoms with Crippen LogP contribution in [-0.4, -0.2) is 39.2 Å². The first-order valence-electron chi connectivity index (χ1n) is 11.3. The van der Waals surface area contributed by atoms with Crippen LogP contribution in [0, 0.1) is 0 Å². The Bertz CT molecular complexity index is 1100. The van der Waals surface area contributed by atoms with Gasteiger partial charge in [-0.3, -0.25) is 14.9 Å². The van der Waals surface area contributed by atoms with E-state index >= 15 is 0 Å². The molecular formula is C29H27N3O. The van der Waals surface area contributed by atoms with E-state index in [0.717, 1.165) is 17.8 Å². The van der Waals surface area contributed by atoms with Crippen molar-refractivity contribution in [2.24, 2.45) is 0 Å². The summed E-state index contributed by atoms with van der Waals surface area (Å²) in [7, 11) is 0. The highest BCUT2D eigenvalue weighted by Gasteiger charge is 2.44. The van der Waals surface area contributed by atoms with Crippen LogP contribution in [0.15, 0.2) is 115 Å². The van der Waals surface area contributed by atoms with Gasteiger partial charge in [0.1, 0.15) is 0 Å². The van der Waals surface area contributed by atoms with Crippen LogP contribution in [-0.2, 0) is 5.54 Å². The summed E-state index contributed by atoms with van der Waals surface area (Å²) in [6.45, 7) is 1.38. The van der Waals surface area contributed by atoms with E-state index in [9.17, 15) is 5.11 Å². The first-order chi connectivity index (χ1) is 16.3. The molecule has 0 spiro atoms. The average molecular weight is 434 g/mol. The number of likely N-dealkylation sites (tertiary alicyclic amines) is 1. The lowest BCUT2D eigenvalue weighted by molar-refractivity contribution is 0.0872. The second-order valence-electron chi connectivity index (χ2n) is 8.38. The molecule has 0 saturated carbocycles. The molecule has 0 bridgehead atoms. The standard InChI is InChI=1S/C29H27N3O/c33-28-16-19-32(22-23(28)20-27-21-30-17-18-31-27)29(24-10-4-1-5-11-24,25-12-6-2-7-13-25)26-14-8-3-9-15-26/h1-15,17-18,20-21,28,33H,16,19,22H2/b23-20-. The third-order valence-electron chi connectivity index (χ3n) is 6.44. The van der Waals surface area contributed by atoms with Crippen molar-refractivity contribution in [1.29, 1.82) is 0 Å². The highest BCUT2D eigenvalue weighted by Crippen LogP contribution is 2.44. The van der Waals surface area contributed by atoms with Gasteiger partial charge in [0.2, 0.25) is 0 Å². The Morgan fingerprint density at radius 3 is 1.82 bits per heavy atom. The Hall–Kier alpha value is -3.60. The summed E-state index contributed by atoms with van der Waals surface area (Å²) >= 11 is 0. The van der Waals surface area contributed by atoms with Gasteiger partial charge in [0.15, 0.2) is 0 Å². The van der Waals surface area contributed by atoms with E-state index in [0.29, 0.717) is 13.0 Å². The van der Waals surface area contributed by atoms with E-state index in [-0.39, 0.29) is 0 Å². The van der Waals surface area contributed by atoms with Crippen molar-refractivity contribution in [3.8, 4) is 0 Å². The van der Waals surface area contributed by atoms with Gasteiger partial charge in [-0.15, -0.1) is 0 Å². The monoisotopic (exact) mass is 433 g/mol. The number of aliphatic hydroxyl groups excluding tert-OH is 1. The maximum Gasteiger partial charge on any atom is 0.0975 e. The minimum atomic E-state index is -0.497. The van der Waals surface area contributed by atoms with Crippen LogP contribution in [0.5, 0.6) is 0 Å². The SMILES string of the molecule is OC1CCN(C(c2ccccc2)(c2ccccc2)c2ccccc2)C/C1=C/c1cnccn1. The van der Waals surface area contributed by atoms with Gasteiger partial charge in [0.05, 0.1) is 23.5 Å². The van der Waals surface area contributed by atoms with Crippen LogP contribution in [0.2, 0.25) is 0 Å². The lowest BCUT2D eigenvalue weighted by atomic mass is 9.74. The number of nitrogens with zero attached hydrogens (tertiary/aromatic N) is 3. The minimum Gasteiger partial charge on any atom is -0.389 e. The van der Waals surface area contributed by atoms with Gasteiger partial charge in [0.25, 0.3) is 0 Å². The highest BCUT2D eigenvalue weighted by molar-refractivity contribution is 5.53. The molecule has 5 rings (SSSR count). The average Bonchev–Trinajstić information content (AvgIpc) is 2.89. The topological polar surface area (TPSA) is 49.2 Å². The van der Waals surface area contributed by atoms with Gasteiger partial charge >= 0.3 is 0 Å². The van der Waals surface area contributed by atoms with Gasteiger partial charge in [-0.2, -0.15) is 0 Å². The minimum absolute atomic E-state index is 0.495. The zero-order valence-corrected chi connectivity index (χ0v) is 18.5. The number of benzene rings is 3. The fourth-order valence-electron chi connectivity index (χ4n) is 4.96. The van der Waals surface area contributed by atoms with Gasteiger partial charge in [0, 0.05) is 25.5 Å². The first-order valence-corrected chi connectivity index (χ1v) is 11.3. The number of aliphatic hydroxyl groups is 1. The van der Waals surface area contributed by atoms with Crippen molar-refractivity contribution >= 4 is 6.08 Å². The molecule has 1 unspecified atom stereocenters. The molecule has 4 aromatic rings. The van der Waals surface area contributed by atoms with E-state index in [1.165, 1.54) is 16.7 Å². The number of aromatic nitrogens is 2. The van der Waals surface area contributed by atoms with Crippen LogP contribution in [0.1, 0.15) is 28.8 Å². The van der Waals surface area contributed by atoms with Crippen LogP contribution in [0.4, 0.5) is 0 Å². The lowest BCUT2D eigenvalue weighted by Crippen LogP contribution is -2.52. The van der Waals surface area contributed by atoms with E-state index in [1.54, 1.807) is 18.6 Å². The fraction of sp³-hybridized carbons (Fsp3) is 0.172. The summed E-state index contributed by atoms with van der Waals surface area (Å²) < 4.78 is 0. The molecule has 1 fully saturated rings. The number of piperidine rings is 1. The normalized spacial score (nSPS) is 18.3. The second kappa shape index (κ2) is 9.49. The van der Waals surface area contributed by atoms with Crippen LogP contribution >= 0.6 is 0 Å². The molecule has 4 nitrogen and oxygen atoms in total. The summed E-state index contributed by atoms with van der Waals surface area (Å²) in [4.78, 5) is 11.1. The summed E-state index contributed by atoms with van der Waals surface area (Å²) in [5.74, 6) is 0. The second-order valence-corrected chi connectivity index (χ2v) is 8.38. The van der Waals surface area contributed by atoms with Crippen molar-refractivity contribution < 1.29 is 5.11 Å². The first kappa shape index (κ1) is 21.3. The molecule has 0 amide bonds. The zero-order chi connectivity index (χ0) is 22.5. The lowest BCUT2D eigenvalue weighted by Gasteiger charge is -2.48. The summed E-state index contributed by atoms with van der Waals surface area (Å²) in [6.07, 6.45) is 7.22. The molecule has 4 heteroatoms. The van der Waals surface area contributed by atoms with Crippen molar-refractivity contribution in [2.45, 2.75) is 18.1 Å². The predicted molar refractivity (Wildman–Crippen MR) is 131 cm³/mol. The molecule has 164 valence electrons. The molecule has 2 heterocycles. The molecule has 1 saturated heterocycles. The largest absolute Gasteiger partial charge is 0.389 e. The zero-order valence-electron chi connectivity index (χ0n) is 18.5. The summed E-state index contributed by atoms with van der Waals surface area (Å²) in [6, 6.07) is 32.0. The van der Waals surface area contributed by atoms with Crippen LogP contribution in [0.3, 0.4) is 0 Å². The number of rotatable bonds is 5. The molecule has 33 heavy (non-hydrogen) atoms. The molecule has 1 atom stereocenters. The molecular weight excluding hydrogens is 406 g/mol. The van der Waals surface area contributed by atoms with Gasteiger partial charge in [-0.25, -0.2) is 0 Å². The molecule has 0 radical (unpaired) electrons. The van der Waals surface area contributed by atoms with Crippen LogP contribution < -0.4 is 0 Å². The quantitative estimate of drug-likeness (QED) is 0.454. The van der Waals surface area contributed by atoms with E-state index in [4.69, 9.17) is 0 Å². The summed E-state index contributed by atoms with van der Waals surface area (Å²) in [5.41, 5.74) is 4.84. The smallest absolute Gasteiger partial charge is 0.0975 e. The maximum atomic E-state index is 10.9. The Morgan fingerprint density at radius 1 is 0.788 bits per heavy atom. The third-order valence-corrected chi connectivity index (χ3v) is 6.44. The Morgan fingerprint density at radius 2 is 1.33 bits per heavy atom. The molecule has 1 N–H and O–H groups in total. The van der Waals surface area contributed by atoms with Crippen molar-refractivity contribution in [3.63, 3.8) is 0 Å². The molecule has 3 aromatic carbocycles. The Labute approximate surface area is 194 Å². The Balaban J connectivity index is 1.70. The van der Waals surface area contributed by atoms with E-state index in [1.807, 2.05) is 6.08 Å². The number of hydrogen-bond donors (Lipinski definition) is 1. The molecule has 0 aliphatic carbocycles. The maximum absolute atomic E-state index is 10.9. The van der Waals surface area contributed by atoms with Crippen molar-refractivity contribution in [2.75, 3.05) is 13.1 Å². The molecule has 1 aliphatic rings. The number of hydrogen-bond acceptors (Lipinski definition) is 4. The highest BCUT2D eigenvalue weighted by atomic mass is 16.3. The summed E-state index contributed by atoms with van der Waals surface area (Å²) in [5, 5.41) is 10.9. The van der Waals surface area contributed by atoms with Crippen LogP contribution in [0.25, 0.3) is 6.08 Å². The van der Waals surface area contributed by atoms with Gasteiger partial charge in [-0.1, -0.05) is 91.0 Å². The van der Waals surface area contributed by atoms with Gasteiger partial charge in [-0.05, 0) is 34.8 Å². The van der Waals surface area contributed by atoms with E-state index in [2.05, 4.69) is 106 Å². The predicted octanol–water partition coefficient (Wildman–Crippen LogP) is 4.92. The van der Waals surface area contributed by atoms with E-state index < -0.39 is 11.6 Å². The van der Waals surface area contributed by atoms with Gasteiger partial charge < -0.3 is 5.11 Å². The van der Waals surface area contributed by atoms with Crippen molar-refractivity contribution in [1.82, 2.24) is 14.9 Å².